The fourth-order valence-electron chi connectivity index (χ4n) is 4.81. The Kier molecular flexibility index (Phi) is 11.9. The molecule has 1 aromatic carbocycles. The fraction of sp³-hybridized carbons (Fsp3) is 0.586. The Labute approximate surface area is 235 Å². The first kappa shape index (κ1) is 30.7. The Morgan fingerprint density at radius 1 is 1.15 bits per heavy atom. The van der Waals surface area contributed by atoms with Gasteiger partial charge in [0.2, 0.25) is 17.7 Å². The smallest absolute Gasteiger partial charge is 0.247 e. The van der Waals surface area contributed by atoms with Crippen molar-refractivity contribution in [2.24, 2.45) is 5.92 Å². The maximum absolute atomic E-state index is 13.5. The van der Waals surface area contributed by atoms with Gasteiger partial charge in [0.25, 0.3) is 0 Å². The van der Waals surface area contributed by atoms with Crippen LogP contribution in [0.4, 0.5) is 0 Å². The molecule has 1 aliphatic heterocycles. The van der Waals surface area contributed by atoms with Crippen molar-refractivity contribution in [1.82, 2.24) is 25.8 Å². The van der Waals surface area contributed by atoms with E-state index in [2.05, 4.69) is 46.5 Å². The lowest BCUT2D eigenvalue weighted by molar-refractivity contribution is -0.129. The zero-order valence-corrected chi connectivity index (χ0v) is 24.5. The second kappa shape index (κ2) is 15.1. The molecule has 10 heteroatoms. The van der Waals surface area contributed by atoms with Crippen molar-refractivity contribution in [3.05, 3.63) is 40.9 Å². The number of rotatable bonds is 14. The zero-order chi connectivity index (χ0) is 28.4. The Morgan fingerprint density at radius 2 is 1.87 bits per heavy atom. The number of likely N-dealkylation sites (N-methyl/N-ethyl adjacent to an activating group) is 1. The molecular formula is C29H43N5O4S. The van der Waals surface area contributed by atoms with Gasteiger partial charge in [0, 0.05) is 51.3 Å². The van der Waals surface area contributed by atoms with Crippen molar-refractivity contribution < 1.29 is 19.1 Å². The molecule has 1 aromatic heterocycles. The van der Waals surface area contributed by atoms with Gasteiger partial charge in [-0.3, -0.25) is 19.3 Å². The molecular weight excluding hydrogens is 514 g/mol. The summed E-state index contributed by atoms with van der Waals surface area (Å²) in [5.41, 5.74) is 2.62. The van der Waals surface area contributed by atoms with Gasteiger partial charge in [-0.05, 0) is 56.0 Å². The van der Waals surface area contributed by atoms with E-state index in [9.17, 15) is 14.4 Å². The lowest BCUT2D eigenvalue weighted by Gasteiger charge is -2.32. The monoisotopic (exact) mass is 557 g/mol. The van der Waals surface area contributed by atoms with Crippen LogP contribution in [-0.2, 0) is 32.0 Å². The molecule has 2 aromatic rings. The van der Waals surface area contributed by atoms with Crippen LogP contribution in [0.5, 0.6) is 0 Å². The summed E-state index contributed by atoms with van der Waals surface area (Å²) in [6.45, 7) is 15.3. The molecule has 1 saturated heterocycles. The molecule has 0 bridgehead atoms. The number of nitrogens with one attached hydrogen (secondary N) is 3. The minimum Gasteiger partial charge on any atom is -0.381 e. The van der Waals surface area contributed by atoms with Crippen LogP contribution in [0.1, 0.15) is 51.1 Å². The number of aryl methyl sites for hydroxylation is 1. The van der Waals surface area contributed by atoms with Gasteiger partial charge in [-0.15, -0.1) is 11.3 Å². The molecule has 2 heterocycles. The SMILES string of the molecule is C=C(CN(CC)CC)C(=O)NC[C@@H](NC(=O)[C@H](Cc1nc2ccc(CC)cc2s1)NC(C)=O)C1CCOCC1. The third-order valence-electron chi connectivity index (χ3n) is 7.25. The predicted molar refractivity (Wildman–Crippen MR) is 156 cm³/mol. The van der Waals surface area contributed by atoms with Crippen LogP contribution >= 0.6 is 11.3 Å². The average Bonchev–Trinajstić information content (AvgIpc) is 3.34. The van der Waals surface area contributed by atoms with Gasteiger partial charge >= 0.3 is 0 Å². The van der Waals surface area contributed by atoms with Crippen LogP contribution in [0.15, 0.2) is 30.4 Å². The van der Waals surface area contributed by atoms with E-state index in [4.69, 9.17) is 9.72 Å². The van der Waals surface area contributed by atoms with E-state index >= 15 is 0 Å². The second-order valence-electron chi connectivity index (χ2n) is 10.1. The van der Waals surface area contributed by atoms with Crippen molar-refractivity contribution in [2.45, 2.75) is 65.5 Å². The van der Waals surface area contributed by atoms with E-state index in [1.54, 1.807) is 11.3 Å². The molecule has 2 atom stereocenters. The summed E-state index contributed by atoms with van der Waals surface area (Å²) >= 11 is 1.54. The molecule has 1 fully saturated rings. The first-order valence-corrected chi connectivity index (χ1v) is 14.8. The zero-order valence-electron chi connectivity index (χ0n) is 23.7. The normalized spacial score (nSPS) is 15.6. The number of aromatic nitrogens is 1. The number of nitrogens with zero attached hydrogens (tertiary/aromatic N) is 2. The Bertz CT molecular complexity index is 1140. The molecule has 0 radical (unpaired) electrons. The van der Waals surface area contributed by atoms with E-state index in [-0.39, 0.29) is 36.2 Å². The number of ether oxygens (including phenoxy) is 1. The van der Waals surface area contributed by atoms with Gasteiger partial charge in [0.15, 0.2) is 0 Å². The molecule has 1 aliphatic rings. The number of hydrogen-bond donors (Lipinski definition) is 3. The fourth-order valence-corrected chi connectivity index (χ4v) is 5.88. The summed E-state index contributed by atoms with van der Waals surface area (Å²) in [4.78, 5) is 45.2. The summed E-state index contributed by atoms with van der Waals surface area (Å²) in [5.74, 6) is -0.640. The minimum absolute atomic E-state index is 0.145. The number of benzene rings is 1. The van der Waals surface area contributed by atoms with E-state index in [0.29, 0.717) is 31.8 Å². The van der Waals surface area contributed by atoms with Crippen molar-refractivity contribution >= 4 is 39.3 Å². The van der Waals surface area contributed by atoms with Gasteiger partial charge in [-0.2, -0.15) is 0 Å². The average molecular weight is 558 g/mol. The van der Waals surface area contributed by atoms with Gasteiger partial charge in [0.1, 0.15) is 6.04 Å². The van der Waals surface area contributed by atoms with Gasteiger partial charge in [0.05, 0.1) is 15.2 Å². The highest BCUT2D eigenvalue weighted by Crippen LogP contribution is 2.25. The summed E-state index contributed by atoms with van der Waals surface area (Å²) in [6.07, 6.45) is 2.79. The number of fused-ring (bicyclic) bond motifs is 1. The highest BCUT2D eigenvalue weighted by Gasteiger charge is 2.30. The molecule has 3 amide bonds. The maximum Gasteiger partial charge on any atom is 0.247 e. The standard InChI is InChI=1S/C29H43N5O4S/c1-6-21-9-10-23-26(15-21)39-27(32-23)16-24(31-20(5)35)29(37)33-25(22-11-13-38-14-12-22)17-30-28(36)19(4)18-34(7-2)8-3/h9-10,15,22,24-25H,4,6-8,11-14,16-18H2,1-3,5H3,(H,30,36)(H,31,35)(H,33,37)/t24-,25+/m0/s1. The quantitative estimate of drug-likeness (QED) is 0.308. The lowest BCUT2D eigenvalue weighted by atomic mass is 9.91. The first-order chi connectivity index (χ1) is 18.7. The van der Waals surface area contributed by atoms with Crippen molar-refractivity contribution in [3.63, 3.8) is 0 Å². The minimum atomic E-state index is -0.774. The van der Waals surface area contributed by atoms with Gasteiger partial charge in [-0.1, -0.05) is 33.4 Å². The third-order valence-corrected chi connectivity index (χ3v) is 8.29. The number of thiazole rings is 1. The molecule has 9 nitrogen and oxygen atoms in total. The van der Waals surface area contributed by atoms with E-state index in [0.717, 1.165) is 47.6 Å². The van der Waals surface area contributed by atoms with Gasteiger partial charge in [-0.25, -0.2) is 4.98 Å². The van der Waals surface area contributed by atoms with Crippen LogP contribution in [0, 0.1) is 5.92 Å². The van der Waals surface area contributed by atoms with Crippen molar-refractivity contribution in [3.8, 4) is 0 Å². The Balaban J connectivity index is 1.71. The van der Waals surface area contributed by atoms with E-state index in [1.165, 1.54) is 12.5 Å². The number of carbonyl (C=O) groups excluding carboxylic acids is 3. The Morgan fingerprint density at radius 3 is 2.51 bits per heavy atom. The molecule has 0 unspecified atom stereocenters. The molecule has 214 valence electrons. The predicted octanol–water partition coefficient (Wildman–Crippen LogP) is 2.83. The largest absolute Gasteiger partial charge is 0.381 e. The van der Waals surface area contributed by atoms with E-state index < -0.39 is 6.04 Å². The molecule has 0 saturated carbocycles. The molecule has 0 aliphatic carbocycles. The van der Waals surface area contributed by atoms with Gasteiger partial charge < -0.3 is 20.7 Å². The first-order valence-electron chi connectivity index (χ1n) is 14.0. The summed E-state index contributed by atoms with van der Waals surface area (Å²) in [5, 5.41) is 9.71. The van der Waals surface area contributed by atoms with Crippen LogP contribution in [0.3, 0.4) is 0 Å². The van der Waals surface area contributed by atoms with Crippen LogP contribution in [0.2, 0.25) is 0 Å². The number of amides is 3. The number of carbonyl (C=O) groups is 3. The molecule has 3 N–H and O–H groups in total. The highest BCUT2D eigenvalue weighted by molar-refractivity contribution is 7.18. The summed E-state index contributed by atoms with van der Waals surface area (Å²) in [6, 6.07) is 5.12. The topological polar surface area (TPSA) is 113 Å². The number of hydrogen-bond acceptors (Lipinski definition) is 7. The lowest BCUT2D eigenvalue weighted by Crippen LogP contribution is -2.55. The molecule has 0 spiro atoms. The summed E-state index contributed by atoms with van der Waals surface area (Å²) < 4.78 is 6.60. The highest BCUT2D eigenvalue weighted by atomic mass is 32.1. The molecule has 39 heavy (non-hydrogen) atoms. The summed E-state index contributed by atoms with van der Waals surface area (Å²) in [7, 11) is 0. The third kappa shape index (κ3) is 9.12. The van der Waals surface area contributed by atoms with Crippen LogP contribution in [-0.4, -0.2) is 79.1 Å². The maximum atomic E-state index is 13.5. The van der Waals surface area contributed by atoms with Crippen molar-refractivity contribution in [1.29, 1.82) is 0 Å². The van der Waals surface area contributed by atoms with Crippen LogP contribution in [0.25, 0.3) is 10.2 Å². The Hall–Kier alpha value is -2.82. The second-order valence-corrected chi connectivity index (χ2v) is 11.2. The van der Waals surface area contributed by atoms with E-state index in [1.807, 2.05) is 19.9 Å². The molecule has 3 rings (SSSR count). The van der Waals surface area contributed by atoms with Crippen LogP contribution < -0.4 is 16.0 Å². The van der Waals surface area contributed by atoms with Crippen molar-refractivity contribution in [2.75, 3.05) is 39.4 Å².